The lowest BCUT2D eigenvalue weighted by atomic mass is 10.1. The Morgan fingerprint density at radius 2 is 1.45 bits per heavy atom. The Morgan fingerprint density at radius 3 is 2.00 bits per heavy atom. The van der Waals surface area contributed by atoms with Crippen LogP contribution in [0, 0.1) is 0 Å². The summed E-state index contributed by atoms with van der Waals surface area (Å²) in [4.78, 5) is 29.8. The molecule has 2 amide bonds. The Bertz CT molecular complexity index is 1390. The molecule has 0 N–H and O–H groups in total. The topological polar surface area (TPSA) is 115 Å². The minimum Gasteiger partial charge on any atom is -0.493 e. The number of methoxy groups -OCH3 is 5. The smallest absolute Gasteiger partial charge is 0.417 e. The highest BCUT2D eigenvalue weighted by molar-refractivity contribution is 8.19. The molecule has 236 valence electrons. The highest BCUT2D eigenvalue weighted by Gasteiger charge is 2.32. The van der Waals surface area contributed by atoms with Crippen molar-refractivity contribution in [3.05, 3.63) is 65.5 Å². The van der Waals surface area contributed by atoms with Crippen LogP contribution in [0.2, 0.25) is 0 Å². The number of thioether (sulfide) groups is 2. The van der Waals surface area contributed by atoms with Crippen molar-refractivity contribution in [3.8, 4) is 34.5 Å². The van der Waals surface area contributed by atoms with Crippen molar-refractivity contribution in [1.82, 2.24) is 9.88 Å². The molecule has 1 fully saturated rings. The fourth-order valence-electron chi connectivity index (χ4n) is 4.53. The molecule has 0 bridgehead atoms. The van der Waals surface area contributed by atoms with E-state index in [1.165, 1.54) is 6.92 Å². The van der Waals surface area contributed by atoms with Crippen LogP contribution in [-0.2, 0) is 16.1 Å². The number of nitrogens with zero attached hydrogens (tertiary/aromatic N) is 2. The highest BCUT2D eigenvalue weighted by Crippen LogP contribution is 2.58. The van der Waals surface area contributed by atoms with E-state index >= 15 is 0 Å². The van der Waals surface area contributed by atoms with Gasteiger partial charge >= 0.3 is 6.09 Å². The molecule has 13 heteroatoms. The van der Waals surface area contributed by atoms with Crippen LogP contribution in [0.25, 0.3) is 0 Å². The van der Waals surface area contributed by atoms with Crippen LogP contribution in [0.1, 0.15) is 33.6 Å². The van der Waals surface area contributed by atoms with Gasteiger partial charge < -0.3 is 33.2 Å². The van der Waals surface area contributed by atoms with Crippen molar-refractivity contribution in [1.29, 1.82) is 0 Å². The summed E-state index contributed by atoms with van der Waals surface area (Å²) in [6.45, 7) is 1.23. The van der Waals surface area contributed by atoms with Crippen molar-refractivity contribution < 1.29 is 42.7 Å². The Kier molecular flexibility index (Phi) is 11.7. The summed E-state index contributed by atoms with van der Waals surface area (Å²) < 4.78 is 39.3. The summed E-state index contributed by atoms with van der Waals surface area (Å²) in [6, 6.07) is 13.1. The summed E-state index contributed by atoms with van der Waals surface area (Å²) in [6.07, 6.45) is 0.815. The second-order valence-electron chi connectivity index (χ2n) is 9.39. The Labute approximate surface area is 265 Å². The van der Waals surface area contributed by atoms with Crippen molar-refractivity contribution in [2.75, 3.05) is 54.5 Å². The Hall–Kier alpha value is -3.97. The lowest BCUT2D eigenvalue weighted by molar-refractivity contribution is -0.127. The minimum atomic E-state index is -0.780. The summed E-state index contributed by atoms with van der Waals surface area (Å²) in [5.74, 6) is 3.59. The van der Waals surface area contributed by atoms with Gasteiger partial charge in [-0.2, -0.15) is 0 Å². The third-order valence-electron chi connectivity index (χ3n) is 6.70. The summed E-state index contributed by atoms with van der Waals surface area (Å²) in [5.41, 5.74) is 2.66. The SMILES string of the molecule is COc1cc(C2CSC(c3cc(OC)c(OCCOC(=O)N(Cc4ccccn4)C(C)=O)c(OC)c3)S2)cc(OC)c1OC. The summed E-state index contributed by atoms with van der Waals surface area (Å²) >= 11 is 3.62. The van der Waals surface area contributed by atoms with Gasteiger partial charge in [0.2, 0.25) is 17.4 Å². The maximum Gasteiger partial charge on any atom is 0.417 e. The van der Waals surface area contributed by atoms with E-state index in [0.29, 0.717) is 40.2 Å². The molecule has 1 saturated heterocycles. The first-order valence-electron chi connectivity index (χ1n) is 13.6. The van der Waals surface area contributed by atoms with Gasteiger partial charge in [-0.15, -0.1) is 23.5 Å². The number of amides is 2. The average Bonchev–Trinajstić information content (AvgIpc) is 3.55. The zero-order valence-corrected chi connectivity index (χ0v) is 27.1. The number of ether oxygens (including phenoxy) is 7. The van der Waals surface area contributed by atoms with Gasteiger partial charge in [0.15, 0.2) is 23.0 Å². The van der Waals surface area contributed by atoms with E-state index in [4.69, 9.17) is 33.2 Å². The van der Waals surface area contributed by atoms with Crippen LogP contribution in [0.5, 0.6) is 34.5 Å². The van der Waals surface area contributed by atoms with Gasteiger partial charge in [-0.1, -0.05) is 6.07 Å². The van der Waals surface area contributed by atoms with Gasteiger partial charge in [0.25, 0.3) is 0 Å². The van der Waals surface area contributed by atoms with E-state index in [2.05, 4.69) is 4.98 Å². The monoisotopic (exact) mass is 644 g/mol. The molecular weight excluding hydrogens is 608 g/mol. The van der Waals surface area contributed by atoms with Gasteiger partial charge in [0, 0.05) is 24.1 Å². The number of carbonyl (C=O) groups excluding carboxylic acids is 2. The van der Waals surface area contributed by atoms with E-state index in [9.17, 15) is 9.59 Å². The van der Waals surface area contributed by atoms with E-state index in [1.54, 1.807) is 59.9 Å². The zero-order chi connectivity index (χ0) is 31.6. The Morgan fingerprint density at radius 1 is 0.841 bits per heavy atom. The number of benzene rings is 2. The first-order valence-corrected chi connectivity index (χ1v) is 15.6. The van der Waals surface area contributed by atoms with Crippen LogP contribution in [0.4, 0.5) is 4.79 Å². The number of hydrogen-bond donors (Lipinski definition) is 0. The molecule has 2 unspecified atom stereocenters. The van der Waals surface area contributed by atoms with Crippen molar-refractivity contribution in [3.63, 3.8) is 0 Å². The lowest BCUT2D eigenvalue weighted by Gasteiger charge is -2.20. The molecule has 2 heterocycles. The molecule has 0 saturated carbocycles. The number of imide groups is 1. The number of hydrogen-bond acceptors (Lipinski definition) is 12. The summed E-state index contributed by atoms with van der Waals surface area (Å²) in [7, 11) is 7.92. The van der Waals surface area contributed by atoms with Crippen molar-refractivity contribution in [2.45, 2.75) is 23.3 Å². The largest absolute Gasteiger partial charge is 0.493 e. The molecule has 11 nitrogen and oxygen atoms in total. The number of pyridine rings is 1. The molecular formula is C31H36N2O9S2. The van der Waals surface area contributed by atoms with Crippen LogP contribution in [-0.4, -0.2) is 76.4 Å². The van der Waals surface area contributed by atoms with Gasteiger partial charge in [-0.3, -0.25) is 9.78 Å². The number of aromatic nitrogens is 1. The lowest BCUT2D eigenvalue weighted by Crippen LogP contribution is -2.36. The normalized spacial score (nSPS) is 15.7. The molecule has 0 spiro atoms. The van der Waals surface area contributed by atoms with Gasteiger partial charge in [0.1, 0.15) is 13.2 Å². The molecule has 1 aliphatic heterocycles. The maximum atomic E-state index is 12.6. The molecule has 1 aliphatic rings. The third-order valence-corrected chi connectivity index (χ3v) is 10.0. The molecule has 4 rings (SSSR count). The van der Waals surface area contributed by atoms with Crippen LogP contribution in [0.3, 0.4) is 0 Å². The fourth-order valence-corrected chi connectivity index (χ4v) is 7.78. The van der Waals surface area contributed by atoms with E-state index in [-0.39, 0.29) is 29.6 Å². The second kappa shape index (κ2) is 15.7. The molecule has 1 aromatic heterocycles. The van der Waals surface area contributed by atoms with Crippen molar-refractivity contribution >= 4 is 35.5 Å². The second-order valence-corrected chi connectivity index (χ2v) is 12.1. The molecule has 3 aromatic rings. The standard InChI is InChI=1S/C31H36N2O9S2/c1-19(34)33(17-22-9-7-8-10-32-22)31(35)42-12-11-41-29-25(38-4)15-21(16-26(29)39-5)30-43-18-27(44-30)20-13-23(36-2)28(40-6)24(14-20)37-3/h7-10,13-16,27,30H,11-12,17-18H2,1-6H3. The average molecular weight is 645 g/mol. The molecule has 2 aromatic carbocycles. The number of rotatable bonds is 13. The van der Waals surface area contributed by atoms with E-state index in [1.807, 2.05) is 47.8 Å². The van der Waals surface area contributed by atoms with Gasteiger partial charge in [0.05, 0.1) is 52.4 Å². The van der Waals surface area contributed by atoms with Crippen LogP contribution >= 0.6 is 23.5 Å². The zero-order valence-electron chi connectivity index (χ0n) is 25.5. The highest BCUT2D eigenvalue weighted by atomic mass is 32.2. The maximum absolute atomic E-state index is 12.6. The first kappa shape index (κ1) is 32.9. The van der Waals surface area contributed by atoms with Crippen LogP contribution in [0.15, 0.2) is 48.7 Å². The fraction of sp³-hybridized carbons (Fsp3) is 0.387. The van der Waals surface area contributed by atoms with Gasteiger partial charge in [-0.05, 0) is 47.5 Å². The quantitative estimate of drug-likeness (QED) is 0.206. The molecule has 2 atom stereocenters. The van der Waals surface area contributed by atoms with Gasteiger partial charge in [-0.25, -0.2) is 9.69 Å². The number of carbonyl (C=O) groups is 2. The molecule has 0 radical (unpaired) electrons. The van der Waals surface area contributed by atoms with E-state index < -0.39 is 12.0 Å². The summed E-state index contributed by atoms with van der Waals surface area (Å²) in [5, 5.41) is 0.188. The molecule has 0 aliphatic carbocycles. The van der Waals surface area contributed by atoms with E-state index in [0.717, 1.165) is 21.8 Å². The predicted octanol–water partition coefficient (Wildman–Crippen LogP) is 5.91. The van der Waals surface area contributed by atoms with Crippen LogP contribution < -0.4 is 28.4 Å². The van der Waals surface area contributed by atoms with Crippen molar-refractivity contribution in [2.24, 2.45) is 0 Å². The Balaban J connectivity index is 1.41. The molecule has 44 heavy (non-hydrogen) atoms. The first-order chi connectivity index (χ1) is 21.3. The minimum absolute atomic E-state index is 0.0105. The predicted molar refractivity (Wildman–Crippen MR) is 168 cm³/mol. The third kappa shape index (κ3) is 7.75.